The van der Waals surface area contributed by atoms with Gasteiger partial charge in [0.05, 0.1) is 0 Å². The fraction of sp³-hybridized carbons (Fsp3) is 0.312. The molecule has 0 N–H and O–H groups in total. The van der Waals surface area contributed by atoms with Gasteiger partial charge in [0.25, 0.3) is 0 Å². The van der Waals surface area contributed by atoms with E-state index in [2.05, 4.69) is 38.1 Å². The Hall–Kier alpha value is -1.41. The van der Waals surface area contributed by atoms with Crippen LogP contribution >= 0.6 is 11.3 Å². The van der Waals surface area contributed by atoms with Crippen molar-refractivity contribution in [1.29, 1.82) is 0 Å². The molecule has 94 valence electrons. The van der Waals surface area contributed by atoms with Crippen LogP contribution in [0.5, 0.6) is 0 Å². The van der Waals surface area contributed by atoms with E-state index in [4.69, 9.17) is 0 Å². The van der Waals surface area contributed by atoms with Gasteiger partial charge in [-0.3, -0.25) is 4.79 Å². The molecule has 0 unspecified atom stereocenters. The van der Waals surface area contributed by atoms with E-state index >= 15 is 0 Å². The molecule has 2 heteroatoms. The maximum atomic E-state index is 12.0. The number of ketones is 1. The SMILES string of the molecule is CCc1ccc(CC(=O)Cc2cccc(C)c2)s1. The molecule has 0 aliphatic heterocycles. The molecule has 1 aromatic carbocycles. The second-order valence-corrected chi connectivity index (χ2v) is 5.86. The maximum absolute atomic E-state index is 12.0. The Labute approximate surface area is 112 Å². The van der Waals surface area contributed by atoms with Gasteiger partial charge in [0.15, 0.2) is 0 Å². The molecule has 0 aliphatic rings. The standard InChI is InChI=1S/C16H18OS/c1-3-15-7-8-16(18-15)11-14(17)10-13-6-4-5-12(2)9-13/h4-9H,3,10-11H2,1-2H3. The van der Waals surface area contributed by atoms with Gasteiger partial charge in [-0.05, 0) is 31.0 Å². The Kier molecular flexibility index (Phi) is 4.32. The number of hydrogen-bond donors (Lipinski definition) is 0. The van der Waals surface area contributed by atoms with Crippen LogP contribution in [0.25, 0.3) is 0 Å². The molecule has 1 nitrogen and oxygen atoms in total. The lowest BCUT2D eigenvalue weighted by Gasteiger charge is -2.01. The lowest BCUT2D eigenvalue weighted by molar-refractivity contribution is -0.117. The number of rotatable bonds is 5. The molecule has 2 aromatic rings. The minimum atomic E-state index is 0.296. The third-order valence-electron chi connectivity index (χ3n) is 2.92. The quantitative estimate of drug-likeness (QED) is 0.793. The van der Waals surface area contributed by atoms with Crippen LogP contribution in [0, 0.1) is 6.92 Å². The first-order valence-corrected chi connectivity index (χ1v) is 7.14. The Morgan fingerprint density at radius 1 is 1.11 bits per heavy atom. The molecule has 0 bridgehead atoms. The molecule has 1 aromatic heterocycles. The summed E-state index contributed by atoms with van der Waals surface area (Å²) in [5.41, 5.74) is 2.33. The van der Waals surface area contributed by atoms with Crippen molar-refractivity contribution in [3.8, 4) is 0 Å². The average molecular weight is 258 g/mol. The van der Waals surface area contributed by atoms with Crippen molar-refractivity contribution in [3.05, 3.63) is 57.3 Å². The number of Topliss-reactive ketones (excluding diaryl/α,β-unsaturated/α-hetero) is 1. The van der Waals surface area contributed by atoms with Crippen LogP contribution in [0.3, 0.4) is 0 Å². The highest BCUT2D eigenvalue weighted by molar-refractivity contribution is 7.12. The predicted octanol–water partition coefficient (Wildman–Crippen LogP) is 3.97. The number of benzene rings is 1. The van der Waals surface area contributed by atoms with E-state index in [-0.39, 0.29) is 0 Å². The van der Waals surface area contributed by atoms with Crippen molar-refractivity contribution in [2.75, 3.05) is 0 Å². The zero-order valence-electron chi connectivity index (χ0n) is 10.9. The van der Waals surface area contributed by atoms with E-state index in [1.807, 2.05) is 12.1 Å². The fourth-order valence-electron chi connectivity index (χ4n) is 2.01. The first-order valence-electron chi connectivity index (χ1n) is 6.32. The van der Waals surface area contributed by atoms with Crippen LogP contribution < -0.4 is 0 Å². The third kappa shape index (κ3) is 3.54. The van der Waals surface area contributed by atoms with E-state index in [9.17, 15) is 4.79 Å². The van der Waals surface area contributed by atoms with Gasteiger partial charge in [-0.1, -0.05) is 36.8 Å². The summed E-state index contributed by atoms with van der Waals surface area (Å²) in [5.74, 6) is 0.296. The van der Waals surface area contributed by atoms with Gasteiger partial charge >= 0.3 is 0 Å². The number of carbonyl (C=O) groups excluding carboxylic acids is 1. The molecule has 2 rings (SSSR count). The molecular weight excluding hydrogens is 240 g/mol. The van der Waals surface area contributed by atoms with Crippen LogP contribution in [0.1, 0.15) is 27.8 Å². The van der Waals surface area contributed by atoms with Gasteiger partial charge in [-0.15, -0.1) is 11.3 Å². The normalized spacial score (nSPS) is 10.6. The second kappa shape index (κ2) is 5.96. The summed E-state index contributed by atoms with van der Waals surface area (Å²) < 4.78 is 0. The van der Waals surface area contributed by atoms with Gasteiger partial charge < -0.3 is 0 Å². The molecule has 0 fully saturated rings. The van der Waals surface area contributed by atoms with Crippen LogP contribution in [0.15, 0.2) is 36.4 Å². The molecule has 0 aliphatic carbocycles. The van der Waals surface area contributed by atoms with Crippen LogP contribution in [-0.4, -0.2) is 5.78 Å². The van der Waals surface area contributed by atoms with E-state index in [1.165, 1.54) is 15.3 Å². The largest absolute Gasteiger partial charge is 0.299 e. The molecular formula is C16H18OS. The van der Waals surface area contributed by atoms with Crippen molar-refractivity contribution >= 4 is 17.1 Å². The molecule has 0 radical (unpaired) electrons. The summed E-state index contributed by atoms with van der Waals surface area (Å²) in [4.78, 5) is 14.5. The molecule has 0 amide bonds. The summed E-state index contributed by atoms with van der Waals surface area (Å²) in [7, 11) is 0. The number of hydrogen-bond acceptors (Lipinski definition) is 2. The lowest BCUT2D eigenvalue weighted by Crippen LogP contribution is -2.05. The lowest BCUT2D eigenvalue weighted by atomic mass is 10.0. The molecule has 0 saturated heterocycles. The number of carbonyl (C=O) groups is 1. The fourth-order valence-corrected chi connectivity index (χ4v) is 3.00. The van der Waals surface area contributed by atoms with Gasteiger partial charge in [0.1, 0.15) is 5.78 Å². The van der Waals surface area contributed by atoms with E-state index in [0.717, 1.165) is 12.0 Å². The smallest absolute Gasteiger partial charge is 0.142 e. The van der Waals surface area contributed by atoms with Crippen LogP contribution in [-0.2, 0) is 24.1 Å². The van der Waals surface area contributed by atoms with Crippen molar-refractivity contribution in [2.24, 2.45) is 0 Å². The minimum absolute atomic E-state index is 0.296. The Morgan fingerprint density at radius 2 is 1.89 bits per heavy atom. The Balaban J connectivity index is 1.96. The first kappa shape index (κ1) is 13.0. The van der Waals surface area contributed by atoms with Crippen LogP contribution in [0.2, 0.25) is 0 Å². The highest BCUT2D eigenvalue weighted by atomic mass is 32.1. The highest BCUT2D eigenvalue weighted by Gasteiger charge is 2.07. The van der Waals surface area contributed by atoms with Gasteiger partial charge in [-0.2, -0.15) is 0 Å². The minimum Gasteiger partial charge on any atom is -0.299 e. The van der Waals surface area contributed by atoms with E-state index < -0.39 is 0 Å². The molecule has 1 heterocycles. The Morgan fingerprint density at radius 3 is 2.56 bits per heavy atom. The predicted molar refractivity (Wildman–Crippen MR) is 77.3 cm³/mol. The van der Waals surface area contributed by atoms with E-state index in [0.29, 0.717) is 18.6 Å². The van der Waals surface area contributed by atoms with Gasteiger partial charge in [0.2, 0.25) is 0 Å². The molecule has 18 heavy (non-hydrogen) atoms. The second-order valence-electron chi connectivity index (χ2n) is 4.60. The first-order chi connectivity index (χ1) is 8.67. The zero-order chi connectivity index (χ0) is 13.0. The van der Waals surface area contributed by atoms with Crippen molar-refractivity contribution in [1.82, 2.24) is 0 Å². The molecule has 0 atom stereocenters. The van der Waals surface area contributed by atoms with Crippen molar-refractivity contribution in [2.45, 2.75) is 33.1 Å². The molecule has 0 spiro atoms. The van der Waals surface area contributed by atoms with Crippen molar-refractivity contribution < 1.29 is 4.79 Å². The topological polar surface area (TPSA) is 17.1 Å². The van der Waals surface area contributed by atoms with Gasteiger partial charge in [-0.25, -0.2) is 0 Å². The Bertz CT molecular complexity index is 540. The summed E-state index contributed by atoms with van der Waals surface area (Å²) in [5, 5.41) is 0. The maximum Gasteiger partial charge on any atom is 0.142 e. The summed E-state index contributed by atoms with van der Waals surface area (Å²) in [6.07, 6.45) is 2.16. The highest BCUT2D eigenvalue weighted by Crippen LogP contribution is 2.18. The number of thiophene rings is 1. The summed E-state index contributed by atoms with van der Waals surface area (Å²) in [6, 6.07) is 12.4. The van der Waals surface area contributed by atoms with Gasteiger partial charge in [0, 0.05) is 22.6 Å². The van der Waals surface area contributed by atoms with Crippen LogP contribution in [0.4, 0.5) is 0 Å². The summed E-state index contributed by atoms with van der Waals surface area (Å²) >= 11 is 1.75. The monoisotopic (exact) mass is 258 g/mol. The molecule has 0 saturated carbocycles. The van der Waals surface area contributed by atoms with Crippen molar-refractivity contribution in [3.63, 3.8) is 0 Å². The third-order valence-corrected chi connectivity index (χ3v) is 4.15. The van der Waals surface area contributed by atoms with E-state index in [1.54, 1.807) is 11.3 Å². The number of aryl methyl sites for hydroxylation is 2. The zero-order valence-corrected chi connectivity index (χ0v) is 11.7. The summed E-state index contributed by atoms with van der Waals surface area (Å²) in [6.45, 7) is 4.20. The average Bonchev–Trinajstić information content (AvgIpc) is 2.76.